The Labute approximate surface area is 100.0 Å². The summed E-state index contributed by atoms with van der Waals surface area (Å²) in [6.07, 6.45) is 7.43. The molecule has 0 fully saturated rings. The number of carbonyl (C=O) groups is 1. The molecule has 0 N–H and O–H groups in total. The summed E-state index contributed by atoms with van der Waals surface area (Å²) in [5.41, 5.74) is 2.04. The fourth-order valence-corrected chi connectivity index (χ4v) is 2.40. The number of rotatable bonds is 1. The summed E-state index contributed by atoms with van der Waals surface area (Å²) < 4.78 is 0. The monoisotopic (exact) mass is 223 g/mol. The molecular formula is C15H13NO. The van der Waals surface area contributed by atoms with Gasteiger partial charge in [-0.2, -0.15) is 0 Å². The van der Waals surface area contributed by atoms with Crippen LogP contribution < -0.4 is 0 Å². The first-order valence-corrected chi connectivity index (χ1v) is 5.89. The molecule has 0 aliphatic heterocycles. The van der Waals surface area contributed by atoms with E-state index in [9.17, 15) is 4.79 Å². The summed E-state index contributed by atoms with van der Waals surface area (Å²) in [5, 5.41) is 1.08. The first-order chi connectivity index (χ1) is 8.36. The zero-order valence-electron chi connectivity index (χ0n) is 9.47. The Morgan fingerprint density at radius 3 is 3.00 bits per heavy atom. The van der Waals surface area contributed by atoms with Gasteiger partial charge in [-0.1, -0.05) is 30.4 Å². The number of carbonyl (C=O) groups excluding carboxylic acids is 1. The van der Waals surface area contributed by atoms with Crippen molar-refractivity contribution in [3.8, 4) is 0 Å². The summed E-state index contributed by atoms with van der Waals surface area (Å²) in [6, 6.07) is 9.94. The van der Waals surface area contributed by atoms with Gasteiger partial charge in [0, 0.05) is 18.0 Å². The summed E-state index contributed by atoms with van der Waals surface area (Å²) in [6.45, 7) is 0. The molecule has 2 aromatic rings. The number of Topliss-reactive ketones (excluding diaryl/α,β-unsaturated/α-hetero) is 1. The van der Waals surface area contributed by atoms with Crippen molar-refractivity contribution >= 4 is 16.7 Å². The highest BCUT2D eigenvalue weighted by atomic mass is 16.1. The zero-order chi connectivity index (χ0) is 11.7. The number of nitrogens with zero attached hydrogens (tertiary/aromatic N) is 1. The lowest BCUT2D eigenvalue weighted by molar-refractivity contribution is -0.119. The van der Waals surface area contributed by atoms with Crippen molar-refractivity contribution in [2.24, 2.45) is 0 Å². The highest BCUT2D eigenvalue weighted by Gasteiger charge is 2.21. The standard InChI is InChI=1S/C15H13NO/c17-15-9-2-1-5-13(15)11-6-3-8-14-12(11)7-4-10-16-14/h1,3-8,10,13H,2,9H2. The first-order valence-electron chi connectivity index (χ1n) is 5.89. The Bertz CT molecular complexity index is 595. The number of allylic oxidation sites excluding steroid dienone is 2. The highest BCUT2D eigenvalue weighted by Crippen LogP contribution is 2.29. The van der Waals surface area contributed by atoms with E-state index in [4.69, 9.17) is 0 Å². The normalized spacial score (nSPS) is 19.8. The van der Waals surface area contributed by atoms with Gasteiger partial charge in [-0.3, -0.25) is 9.78 Å². The van der Waals surface area contributed by atoms with Crippen LogP contribution >= 0.6 is 0 Å². The predicted molar refractivity (Wildman–Crippen MR) is 67.9 cm³/mol. The molecule has 1 atom stereocenters. The Morgan fingerprint density at radius 2 is 2.12 bits per heavy atom. The number of ketones is 1. The van der Waals surface area contributed by atoms with Gasteiger partial charge in [-0.25, -0.2) is 0 Å². The fourth-order valence-electron chi connectivity index (χ4n) is 2.40. The third-order valence-corrected chi connectivity index (χ3v) is 3.25. The summed E-state index contributed by atoms with van der Waals surface area (Å²) >= 11 is 0. The molecule has 1 aliphatic rings. The van der Waals surface area contributed by atoms with E-state index >= 15 is 0 Å². The van der Waals surface area contributed by atoms with Gasteiger partial charge >= 0.3 is 0 Å². The molecule has 0 saturated carbocycles. The van der Waals surface area contributed by atoms with E-state index in [0.29, 0.717) is 12.2 Å². The molecule has 0 saturated heterocycles. The quantitative estimate of drug-likeness (QED) is 0.695. The fraction of sp³-hybridized carbons (Fsp3) is 0.200. The molecule has 2 nitrogen and oxygen atoms in total. The van der Waals surface area contributed by atoms with Gasteiger partial charge in [0.25, 0.3) is 0 Å². The minimum Gasteiger partial charge on any atom is -0.299 e. The molecule has 1 heterocycles. The van der Waals surface area contributed by atoms with Crippen LogP contribution in [0.2, 0.25) is 0 Å². The second kappa shape index (κ2) is 4.13. The largest absolute Gasteiger partial charge is 0.299 e. The average Bonchev–Trinajstić information content (AvgIpc) is 2.39. The predicted octanol–water partition coefficient (Wildman–Crippen LogP) is 3.24. The maximum atomic E-state index is 12.0. The van der Waals surface area contributed by atoms with Crippen LogP contribution in [0.15, 0.2) is 48.7 Å². The van der Waals surface area contributed by atoms with Crippen molar-refractivity contribution in [3.63, 3.8) is 0 Å². The van der Waals surface area contributed by atoms with E-state index in [0.717, 1.165) is 22.9 Å². The van der Waals surface area contributed by atoms with Crippen LogP contribution in [0.5, 0.6) is 0 Å². The van der Waals surface area contributed by atoms with Crippen molar-refractivity contribution in [3.05, 3.63) is 54.2 Å². The van der Waals surface area contributed by atoms with Crippen molar-refractivity contribution in [1.82, 2.24) is 4.98 Å². The molecule has 0 amide bonds. The zero-order valence-corrected chi connectivity index (χ0v) is 9.47. The first kappa shape index (κ1) is 10.2. The van der Waals surface area contributed by atoms with E-state index in [2.05, 4.69) is 11.1 Å². The van der Waals surface area contributed by atoms with E-state index in [1.54, 1.807) is 6.20 Å². The maximum Gasteiger partial charge on any atom is 0.144 e. The number of pyridine rings is 1. The molecule has 84 valence electrons. The van der Waals surface area contributed by atoms with Gasteiger partial charge < -0.3 is 0 Å². The van der Waals surface area contributed by atoms with Crippen LogP contribution in [0.3, 0.4) is 0 Å². The van der Waals surface area contributed by atoms with E-state index in [1.807, 2.05) is 36.4 Å². The van der Waals surface area contributed by atoms with Crippen LogP contribution in [0.1, 0.15) is 24.3 Å². The number of hydrogen-bond donors (Lipinski definition) is 0. The second-order valence-electron chi connectivity index (χ2n) is 4.33. The molecule has 2 heteroatoms. The summed E-state index contributed by atoms with van der Waals surface area (Å²) in [4.78, 5) is 16.3. The van der Waals surface area contributed by atoms with Gasteiger partial charge in [-0.15, -0.1) is 0 Å². The van der Waals surface area contributed by atoms with E-state index in [-0.39, 0.29) is 5.92 Å². The van der Waals surface area contributed by atoms with Crippen molar-refractivity contribution in [1.29, 1.82) is 0 Å². The summed E-state index contributed by atoms with van der Waals surface area (Å²) in [7, 11) is 0. The average molecular weight is 223 g/mol. The van der Waals surface area contributed by atoms with Gasteiger partial charge in [0.05, 0.1) is 11.4 Å². The summed E-state index contributed by atoms with van der Waals surface area (Å²) in [5.74, 6) is 0.223. The van der Waals surface area contributed by atoms with Crippen LogP contribution in [-0.2, 0) is 4.79 Å². The van der Waals surface area contributed by atoms with Gasteiger partial charge in [0.1, 0.15) is 5.78 Å². The third-order valence-electron chi connectivity index (χ3n) is 3.25. The Balaban J connectivity index is 2.20. The molecular weight excluding hydrogens is 210 g/mol. The smallest absolute Gasteiger partial charge is 0.144 e. The van der Waals surface area contributed by atoms with E-state index < -0.39 is 0 Å². The Morgan fingerprint density at radius 1 is 1.18 bits per heavy atom. The van der Waals surface area contributed by atoms with Crippen molar-refractivity contribution < 1.29 is 4.79 Å². The van der Waals surface area contributed by atoms with Gasteiger partial charge in [0.15, 0.2) is 0 Å². The second-order valence-corrected chi connectivity index (χ2v) is 4.33. The maximum absolute atomic E-state index is 12.0. The molecule has 1 aliphatic carbocycles. The van der Waals surface area contributed by atoms with Crippen LogP contribution in [0.4, 0.5) is 0 Å². The highest BCUT2D eigenvalue weighted by molar-refractivity contribution is 5.94. The SMILES string of the molecule is O=C1CCC=CC1c1cccc2ncccc12. The Hall–Kier alpha value is -1.96. The number of hydrogen-bond acceptors (Lipinski definition) is 2. The van der Waals surface area contributed by atoms with Crippen LogP contribution in [0, 0.1) is 0 Å². The van der Waals surface area contributed by atoms with Crippen molar-refractivity contribution in [2.45, 2.75) is 18.8 Å². The number of benzene rings is 1. The Kier molecular flexibility index (Phi) is 2.48. The minimum atomic E-state index is -0.0864. The number of fused-ring (bicyclic) bond motifs is 1. The third kappa shape index (κ3) is 1.76. The topological polar surface area (TPSA) is 30.0 Å². The van der Waals surface area contributed by atoms with Crippen molar-refractivity contribution in [2.75, 3.05) is 0 Å². The lowest BCUT2D eigenvalue weighted by Gasteiger charge is -2.17. The molecule has 1 aromatic heterocycles. The van der Waals surface area contributed by atoms with E-state index in [1.165, 1.54) is 0 Å². The lowest BCUT2D eigenvalue weighted by Crippen LogP contribution is -2.13. The van der Waals surface area contributed by atoms with Gasteiger partial charge in [0.2, 0.25) is 0 Å². The molecule has 0 spiro atoms. The molecule has 3 rings (SSSR count). The number of aromatic nitrogens is 1. The van der Waals surface area contributed by atoms with Gasteiger partial charge in [-0.05, 0) is 24.1 Å². The molecule has 0 radical (unpaired) electrons. The molecule has 0 bridgehead atoms. The molecule has 17 heavy (non-hydrogen) atoms. The molecule has 1 aromatic carbocycles. The lowest BCUT2D eigenvalue weighted by atomic mass is 9.86. The molecule has 1 unspecified atom stereocenters. The van der Waals surface area contributed by atoms with Crippen LogP contribution in [0.25, 0.3) is 10.9 Å². The minimum absolute atomic E-state index is 0.0864. The van der Waals surface area contributed by atoms with Crippen LogP contribution in [-0.4, -0.2) is 10.8 Å².